The Morgan fingerprint density at radius 1 is 1.48 bits per heavy atom. The predicted octanol–water partition coefficient (Wildman–Crippen LogP) is -0.372. The van der Waals surface area contributed by atoms with Gasteiger partial charge in [-0.05, 0) is 37.2 Å². The molecule has 0 aliphatic carbocycles. The molecule has 31 heavy (non-hydrogen) atoms. The van der Waals surface area contributed by atoms with Gasteiger partial charge in [-0.3, -0.25) is 4.68 Å². The zero-order valence-corrected chi connectivity index (χ0v) is 18.5. The Morgan fingerprint density at radius 2 is 2.23 bits per heavy atom. The maximum Gasteiger partial charge on any atom is 0.335 e. The third kappa shape index (κ3) is 5.14. The average molecular weight is 456 g/mol. The van der Waals surface area contributed by atoms with Gasteiger partial charge in [0.2, 0.25) is 0 Å². The van der Waals surface area contributed by atoms with E-state index in [2.05, 4.69) is 5.10 Å². The highest BCUT2D eigenvalue weighted by Crippen LogP contribution is 2.35. The van der Waals surface area contributed by atoms with Gasteiger partial charge in [0.05, 0.1) is 18.9 Å². The lowest BCUT2D eigenvalue weighted by Gasteiger charge is -2.43. The second-order valence-corrected chi connectivity index (χ2v) is 8.97. The Labute approximate surface area is 184 Å². The standard InChI is InChI=1S/C20H29N3O7S/c1-22(2)6-7-29-16(13-4-5-21-23(13)3)15-8-12(11-31-15)9-20(28)17(25)14(24)10-30-18(20)19(26)27/h4-5,8,11,14,16-18,24-25,28H,6-7,9-10H2,1-3H3,(H,26,27). The number of carbonyl (C=O) groups is 1. The first-order chi connectivity index (χ1) is 14.6. The van der Waals surface area contributed by atoms with Crippen molar-refractivity contribution in [1.82, 2.24) is 14.7 Å². The minimum Gasteiger partial charge on any atom is -0.479 e. The Balaban J connectivity index is 1.85. The second kappa shape index (κ2) is 9.74. The summed E-state index contributed by atoms with van der Waals surface area (Å²) >= 11 is 1.40. The van der Waals surface area contributed by atoms with Crippen LogP contribution in [0.15, 0.2) is 23.7 Å². The van der Waals surface area contributed by atoms with Crippen LogP contribution in [-0.2, 0) is 27.7 Å². The lowest BCUT2D eigenvalue weighted by atomic mass is 9.80. The molecular weight excluding hydrogens is 426 g/mol. The van der Waals surface area contributed by atoms with Crippen molar-refractivity contribution in [3.05, 3.63) is 39.8 Å². The first-order valence-corrected chi connectivity index (χ1v) is 10.8. The van der Waals surface area contributed by atoms with Crippen molar-refractivity contribution in [1.29, 1.82) is 0 Å². The highest BCUT2D eigenvalue weighted by Gasteiger charge is 2.54. The number of carboxylic acid groups (broad SMARTS) is 1. The van der Waals surface area contributed by atoms with Crippen molar-refractivity contribution in [3.8, 4) is 0 Å². The van der Waals surface area contributed by atoms with Gasteiger partial charge >= 0.3 is 5.97 Å². The van der Waals surface area contributed by atoms with Crippen LogP contribution in [0.2, 0.25) is 0 Å². The lowest BCUT2D eigenvalue weighted by molar-refractivity contribution is -0.244. The number of aliphatic hydroxyl groups is 3. The fourth-order valence-corrected chi connectivity index (χ4v) is 4.63. The van der Waals surface area contributed by atoms with Gasteiger partial charge in [-0.15, -0.1) is 11.3 Å². The summed E-state index contributed by atoms with van der Waals surface area (Å²) in [5.74, 6) is -1.40. The molecule has 1 aliphatic heterocycles. The number of ether oxygens (including phenoxy) is 2. The van der Waals surface area contributed by atoms with Gasteiger partial charge < -0.3 is 34.8 Å². The molecule has 5 atom stereocenters. The number of aliphatic carboxylic acids is 1. The van der Waals surface area contributed by atoms with Crippen LogP contribution in [0, 0.1) is 0 Å². The molecule has 5 unspecified atom stereocenters. The molecule has 0 amide bonds. The second-order valence-electron chi connectivity index (χ2n) is 8.02. The van der Waals surface area contributed by atoms with Gasteiger partial charge in [0.1, 0.15) is 23.9 Å². The molecular formula is C20H29N3O7S. The highest BCUT2D eigenvalue weighted by molar-refractivity contribution is 7.10. The molecule has 2 aromatic rings. The molecule has 1 aliphatic rings. The summed E-state index contributed by atoms with van der Waals surface area (Å²) in [6, 6.07) is 3.67. The minimum atomic E-state index is -2.17. The van der Waals surface area contributed by atoms with Gasteiger partial charge in [-0.1, -0.05) is 0 Å². The molecule has 4 N–H and O–H groups in total. The molecule has 10 nitrogen and oxygen atoms in total. The number of hydrogen-bond acceptors (Lipinski definition) is 9. The van der Waals surface area contributed by atoms with Crippen LogP contribution in [-0.4, -0.2) is 98.8 Å². The maximum absolute atomic E-state index is 11.6. The van der Waals surface area contributed by atoms with E-state index in [9.17, 15) is 25.2 Å². The molecule has 0 spiro atoms. The van der Waals surface area contributed by atoms with Gasteiger partial charge in [0.25, 0.3) is 0 Å². The molecule has 11 heteroatoms. The number of likely N-dealkylation sites (N-methyl/N-ethyl adjacent to an activating group) is 1. The number of rotatable bonds is 9. The largest absolute Gasteiger partial charge is 0.479 e. The number of hydrogen-bond donors (Lipinski definition) is 4. The molecule has 0 saturated carbocycles. The summed E-state index contributed by atoms with van der Waals surface area (Å²) < 4.78 is 13.0. The molecule has 3 heterocycles. The number of carboxylic acids is 1. The fraction of sp³-hybridized carbons (Fsp3) is 0.600. The summed E-state index contributed by atoms with van der Waals surface area (Å²) in [5.41, 5.74) is -0.713. The maximum atomic E-state index is 11.6. The van der Waals surface area contributed by atoms with E-state index in [1.807, 2.05) is 38.2 Å². The van der Waals surface area contributed by atoms with Crippen molar-refractivity contribution in [2.45, 2.75) is 36.4 Å². The highest BCUT2D eigenvalue weighted by atomic mass is 32.1. The first-order valence-electron chi connectivity index (χ1n) is 9.88. The summed E-state index contributed by atoms with van der Waals surface area (Å²) in [6.07, 6.45) is -3.60. The summed E-state index contributed by atoms with van der Waals surface area (Å²) in [6.45, 7) is 0.853. The SMILES string of the molecule is CN(C)CCOC(c1cc(CC2(O)C(C(=O)O)OCC(O)C2O)cs1)c1ccnn1C. The van der Waals surface area contributed by atoms with Crippen LogP contribution in [0.5, 0.6) is 0 Å². The zero-order valence-electron chi connectivity index (χ0n) is 17.7. The fourth-order valence-electron chi connectivity index (χ4n) is 3.66. The van der Waals surface area contributed by atoms with Crippen LogP contribution in [0.25, 0.3) is 0 Å². The summed E-state index contributed by atoms with van der Waals surface area (Å²) in [5, 5.41) is 46.7. The minimum absolute atomic E-state index is 0.200. The number of aromatic nitrogens is 2. The molecule has 172 valence electrons. The molecule has 2 aromatic heterocycles. The Hall–Kier alpha value is -1.86. The van der Waals surface area contributed by atoms with Crippen molar-refractivity contribution < 1.29 is 34.7 Å². The first kappa shape index (κ1) is 23.8. The number of nitrogens with zero attached hydrogens (tertiary/aromatic N) is 3. The van der Waals surface area contributed by atoms with E-state index in [4.69, 9.17) is 9.47 Å². The van der Waals surface area contributed by atoms with E-state index in [1.54, 1.807) is 16.3 Å². The van der Waals surface area contributed by atoms with E-state index >= 15 is 0 Å². The zero-order chi connectivity index (χ0) is 22.8. The van der Waals surface area contributed by atoms with Gasteiger partial charge in [0.15, 0.2) is 6.10 Å². The Morgan fingerprint density at radius 3 is 2.84 bits per heavy atom. The van der Waals surface area contributed by atoms with Crippen LogP contribution in [0.3, 0.4) is 0 Å². The Kier molecular flexibility index (Phi) is 7.47. The van der Waals surface area contributed by atoms with E-state index in [0.29, 0.717) is 12.2 Å². The monoisotopic (exact) mass is 455 g/mol. The van der Waals surface area contributed by atoms with E-state index in [1.165, 1.54) is 11.3 Å². The lowest BCUT2D eigenvalue weighted by Crippen LogP contribution is -2.66. The van der Waals surface area contributed by atoms with Crippen molar-refractivity contribution in [3.63, 3.8) is 0 Å². The smallest absolute Gasteiger partial charge is 0.335 e. The molecule has 3 rings (SSSR count). The van der Waals surface area contributed by atoms with Gasteiger partial charge in [-0.25, -0.2) is 4.79 Å². The van der Waals surface area contributed by atoms with Crippen LogP contribution in [0.1, 0.15) is 22.2 Å². The van der Waals surface area contributed by atoms with E-state index in [0.717, 1.165) is 17.1 Å². The van der Waals surface area contributed by atoms with Crippen LogP contribution < -0.4 is 0 Å². The number of thiophene rings is 1. The summed E-state index contributed by atoms with van der Waals surface area (Å²) in [7, 11) is 5.73. The molecule has 1 saturated heterocycles. The van der Waals surface area contributed by atoms with E-state index in [-0.39, 0.29) is 13.0 Å². The number of aliphatic hydroxyl groups excluding tert-OH is 2. The molecule has 0 bridgehead atoms. The third-order valence-electron chi connectivity index (χ3n) is 5.36. The molecule has 0 radical (unpaired) electrons. The Bertz CT molecular complexity index is 886. The predicted molar refractivity (Wildman–Crippen MR) is 112 cm³/mol. The average Bonchev–Trinajstić information content (AvgIpc) is 3.32. The quantitative estimate of drug-likeness (QED) is 0.399. The van der Waals surface area contributed by atoms with E-state index < -0.39 is 36.0 Å². The summed E-state index contributed by atoms with van der Waals surface area (Å²) in [4.78, 5) is 14.4. The van der Waals surface area contributed by atoms with Crippen molar-refractivity contribution in [2.24, 2.45) is 7.05 Å². The topological polar surface area (TPSA) is 138 Å². The molecule has 0 aromatic carbocycles. The molecule has 1 fully saturated rings. The van der Waals surface area contributed by atoms with Crippen molar-refractivity contribution in [2.75, 3.05) is 33.9 Å². The van der Waals surface area contributed by atoms with Gasteiger partial charge in [0, 0.05) is 31.1 Å². The van der Waals surface area contributed by atoms with Gasteiger partial charge in [-0.2, -0.15) is 5.10 Å². The number of aryl methyl sites for hydroxylation is 1. The van der Waals surface area contributed by atoms with Crippen LogP contribution in [0.4, 0.5) is 0 Å². The van der Waals surface area contributed by atoms with Crippen molar-refractivity contribution >= 4 is 17.3 Å². The normalized spacial score (nSPS) is 27.5. The van der Waals surface area contributed by atoms with Crippen LogP contribution >= 0.6 is 11.3 Å². The third-order valence-corrected chi connectivity index (χ3v) is 6.38.